The van der Waals surface area contributed by atoms with Crippen molar-refractivity contribution < 1.29 is 9.47 Å². The SMILES string of the molecule is CCOc1nc2nc(Oc3ccccc3)nn2c2ccccc12. The van der Waals surface area contributed by atoms with Gasteiger partial charge in [-0.15, -0.1) is 5.10 Å². The summed E-state index contributed by atoms with van der Waals surface area (Å²) in [5.74, 6) is 1.67. The number of fused-ring (bicyclic) bond motifs is 3. The number of para-hydroxylation sites is 2. The van der Waals surface area contributed by atoms with E-state index in [4.69, 9.17) is 9.47 Å². The monoisotopic (exact) mass is 306 g/mol. The zero-order valence-corrected chi connectivity index (χ0v) is 12.5. The number of ether oxygens (including phenoxy) is 2. The summed E-state index contributed by atoms with van der Waals surface area (Å²) in [7, 11) is 0. The third-order valence-electron chi connectivity index (χ3n) is 3.37. The zero-order chi connectivity index (χ0) is 15.6. The molecule has 6 heteroatoms. The Kier molecular flexibility index (Phi) is 3.27. The molecule has 114 valence electrons. The minimum Gasteiger partial charge on any atom is -0.477 e. The van der Waals surface area contributed by atoms with Gasteiger partial charge in [0.15, 0.2) is 0 Å². The van der Waals surface area contributed by atoms with Crippen molar-refractivity contribution in [3.05, 3.63) is 54.6 Å². The maximum atomic E-state index is 5.69. The molecule has 0 radical (unpaired) electrons. The van der Waals surface area contributed by atoms with Crippen molar-refractivity contribution in [2.45, 2.75) is 6.92 Å². The third-order valence-corrected chi connectivity index (χ3v) is 3.37. The van der Waals surface area contributed by atoms with E-state index >= 15 is 0 Å². The number of benzene rings is 2. The Morgan fingerprint density at radius 2 is 1.74 bits per heavy atom. The van der Waals surface area contributed by atoms with E-state index in [1.165, 1.54) is 0 Å². The summed E-state index contributed by atoms with van der Waals surface area (Å²) < 4.78 is 13.0. The maximum absolute atomic E-state index is 5.69. The maximum Gasteiger partial charge on any atom is 0.343 e. The van der Waals surface area contributed by atoms with Gasteiger partial charge in [0, 0.05) is 0 Å². The smallest absolute Gasteiger partial charge is 0.343 e. The van der Waals surface area contributed by atoms with Crippen molar-refractivity contribution in [2.24, 2.45) is 0 Å². The van der Waals surface area contributed by atoms with Gasteiger partial charge in [-0.05, 0) is 31.2 Å². The molecule has 0 N–H and O–H groups in total. The lowest BCUT2D eigenvalue weighted by Crippen LogP contribution is -2.00. The average molecular weight is 306 g/mol. The lowest BCUT2D eigenvalue weighted by atomic mass is 10.2. The summed E-state index contributed by atoms with van der Waals surface area (Å²) in [5.41, 5.74) is 0.872. The first-order chi connectivity index (χ1) is 11.3. The van der Waals surface area contributed by atoms with Crippen molar-refractivity contribution in [1.29, 1.82) is 0 Å². The minimum atomic E-state index is 0.252. The molecule has 0 saturated heterocycles. The standard InChI is InChI=1S/C17H14N4O2/c1-2-22-15-13-10-6-7-11-14(13)21-16(18-15)19-17(20-21)23-12-8-4-3-5-9-12/h3-11H,2H2,1H3. The Bertz CT molecular complexity index is 966. The molecule has 6 nitrogen and oxygen atoms in total. The average Bonchev–Trinajstić information content (AvgIpc) is 2.99. The Hall–Kier alpha value is -3.15. The highest BCUT2D eigenvalue weighted by molar-refractivity contribution is 5.85. The second kappa shape index (κ2) is 5.57. The predicted octanol–water partition coefficient (Wildman–Crippen LogP) is 3.47. The van der Waals surface area contributed by atoms with Crippen molar-refractivity contribution in [3.63, 3.8) is 0 Å². The number of aromatic nitrogens is 4. The van der Waals surface area contributed by atoms with Crippen LogP contribution in [0.15, 0.2) is 54.6 Å². The van der Waals surface area contributed by atoms with Gasteiger partial charge < -0.3 is 9.47 Å². The number of rotatable bonds is 4. The fourth-order valence-electron chi connectivity index (χ4n) is 2.39. The minimum absolute atomic E-state index is 0.252. The molecular weight excluding hydrogens is 292 g/mol. The summed E-state index contributed by atoms with van der Waals surface area (Å²) in [6.07, 6.45) is 0. The highest BCUT2D eigenvalue weighted by atomic mass is 16.5. The van der Waals surface area contributed by atoms with Crippen molar-refractivity contribution in [2.75, 3.05) is 6.61 Å². The van der Waals surface area contributed by atoms with Crippen molar-refractivity contribution in [1.82, 2.24) is 19.6 Å². The number of hydrogen-bond donors (Lipinski definition) is 0. The number of nitrogens with zero attached hydrogens (tertiary/aromatic N) is 4. The molecule has 0 amide bonds. The molecule has 2 aromatic heterocycles. The van der Waals surface area contributed by atoms with Crippen LogP contribution in [-0.2, 0) is 0 Å². The second-order valence-corrected chi connectivity index (χ2v) is 4.89. The molecule has 0 spiro atoms. The quantitative estimate of drug-likeness (QED) is 0.578. The van der Waals surface area contributed by atoms with Gasteiger partial charge in [0.05, 0.1) is 17.5 Å². The molecule has 0 atom stereocenters. The van der Waals surface area contributed by atoms with Crippen LogP contribution < -0.4 is 9.47 Å². The third kappa shape index (κ3) is 2.44. The topological polar surface area (TPSA) is 61.5 Å². The van der Waals surface area contributed by atoms with Crippen LogP contribution in [0.3, 0.4) is 0 Å². The van der Waals surface area contributed by atoms with Gasteiger partial charge in [-0.2, -0.15) is 14.5 Å². The normalized spacial score (nSPS) is 11.0. The fraction of sp³-hybridized carbons (Fsp3) is 0.118. The summed E-state index contributed by atoms with van der Waals surface area (Å²) >= 11 is 0. The Morgan fingerprint density at radius 1 is 0.957 bits per heavy atom. The van der Waals surface area contributed by atoms with Crippen molar-refractivity contribution >= 4 is 16.7 Å². The molecule has 0 aliphatic heterocycles. The summed E-state index contributed by atoms with van der Waals surface area (Å²) in [4.78, 5) is 8.78. The van der Waals surface area contributed by atoms with Gasteiger partial charge in [0.2, 0.25) is 5.88 Å². The Labute approximate surface area is 132 Å². The number of hydrogen-bond acceptors (Lipinski definition) is 5. The van der Waals surface area contributed by atoms with Crippen LogP contribution >= 0.6 is 0 Å². The largest absolute Gasteiger partial charge is 0.477 e. The molecule has 2 aromatic carbocycles. The van der Waals surface area contributed by atoms with Gasteiger partial charge in [-0.1, -0.05) is 30.3 Å². The highest BCUT2D eigenvalue weighted by Gasteiger charge is 2.14. The van der Waals surface area contributed by atoms with Crippen LogP contribution in [0, 0.1) is 0 Å². The van der Waals surface area contributed by atoms with Crippen LogP contribution in [0.2, 0.25) is 0 Å². The van der Waals surface area contributed by atoms with Gasteiger partial charge in [0.25, 0.3) is 5.78 Å². The molecule has 0 aliphatic carbocycles. The van der Waals surface area contributed by atoms with Crippen molar-refractivity contribution in [3.8, 4) is 17.6 Å². The molecule has 0 fully saturated rings. The van der Waals surface area contributed by atoms with Gasteiger partial charge in [-0.25, -0.2) is 0 Å². The first-order valence-electron chi connectivity index (χ1n) is 7.36. The molecule has 2 heterocycles. The van der Waals surface area contributed by atoms with E-state index in [0.29, 0.717) is 24.0 Å². The molecule has 4 aromatic rings. The summed E-state index contributed by atoms with van der Waals surface area (Å²) in [6, 6.07) is 17.5. The summed E-state index contributed by atoms with van der Waals surface area (Å²) in [5, 5.41) is 5.29. The van der Waals surface area contributed by atoms with Gasteiger partial charge in [0.1, 0.15) is 5.75 Å². The molecule has 0 saturated carbocycles. The first-order valence-corrected chi connectivity index (χ1v) is 7.36. The van der Waals surface area contributed by atoms with Gasteiger partial charge in [-0.3, -0.25) is 0 Å². The molecule has 0 bridgehead atoms. The van der Waals surface area contributed by atoms with E-state index in [-0.39, 0.29) is 6.01 Å². The van der Waals surface area contributed by atoms with E-state index in [1.54, 1.807) is 4.52 Å². The van der Waals surface area contributed by atoms with Crippen LogP contribution in [0.4, 0.5) is 0 Å². The lowest BCUT2D eigenvalue weighted by Gasteiger charge is -2.06. The van der Waals surface area contributed by atoms with Gasteiger partial charge >= 0.3 is 6.01 Å². The van der Waals surface area contributed by atoms with E-state index in [0.717, 1.165) is 10.9 Å². The van der Waals surface area contributed by atoms with E-state index < -0.39 is 0 Å². The van der Waals surface area contributed by atoms with Crippen LogP contribution in [0.5, 0.6) is 17.6 Å². The molecule has 4 rings (SSSR count). The lowest BCUT2D eigenvalue weighted by molar-refractivity contribution is 0.331. The van der Waals surface area contributed by atoms with E-state index in [1.807, 2.05) is 61.5 Å². The summed E-state index contributed by atoms with van der Waals surface area (Å²) in [6.45, 7) is 2.46. The van der Waals surface area contributed by atoms with Crippen LogP contribution in [0.1, 0.15) is 6.92 Å². The first kappa shape index (κ1) is 13.5. The molecule has 0 aliphatic rings. The Morgan fingerprint density at radius 3 is 2.57 bits per heavy atom. The van der Waals surface area contributed by atoms with Crippen LogP contribution in [-0.4, -0.2) is 26.2 Å². The molecule has 23 heavy (non-hydrogen) atoms. The van der Waals surface area contributed by atoms with Crippen LogP contribution in [0.25, 0.3) is 16.7 Å². The van der Waals surface area contributed by atoms with E-state index in [9.17, 15) is 0 Å². The predicted molar refractivity (Wildman–Crippen MR) is 86.0 cm³/mol. The Balaban J connectivity index is 1.86. The fourth-order valence-corrected chi connectivity index (χ4v) is 2.39. The highest BCUT2D eigenvalue weighted by Crippen LogP contribution is 2.26. The molecular formula is C17H14N4O2. The molecule has 0 unspecified atom stereocenters. The second-order valence-electron chi connectivity index (χ2n) is 4.89. The van der Waals surface area contributed by atoms with E-state index in [2.05, 4.69) is 15.1 Å². The zero-order valence-electron chi connectivity index (χ0n) is 12.5.